The fourth-order valence-electron chi connectivity index (χ4n) is 4.08. The number of amides is 1. The largest absolute Gasteiger partial charge is 0.335 e. The van der Waals surface area contributed by atoms with Gasteiger partial charge in [-0.25, -0.2) is 9.37 Å². The van der Waals surface area contributed by atoms with Crippen molar-refractivity contribution < 1.29 is 9.18 Å². The van der Waals surface area contributed by atoms with Gasteiger partial charge >= 0.3 is 0 Å². The standard InChI is InChI=1S/C22H17ClFN5O2/c1-3-16(30)28-8-13(9-28)29-10-25-21-14(22(29)31)6-15(23)18(19(21)24)17-11(2)4-5-12-7-26-27-20(12)17/h3-7,10,13H,1,8-9H2,2H3,(H,26,27). The molecule has 4 aromatic rings. The molecule has 2 aromatic carbocycles. The van der Waals surface area contributed by atoms with Gasteiger partial charge in [-0.15, -0.1) is 0 Å². The molecule has 31 heavy (non-hydrogen) atoms. The number of rotatable bonds is 3. The van der Waals surface area contributed by atoms with Crippen LogP contribution in [0.2, 0.25) is 5.02 Å². The minimum Gasteiger partial charge on any atom is -0.335 e. The van der Waals surface area contributed by atoms with Gasteiger partial charge in [-0.1, -0.05) is 30.3 Å². The summed E-state index contributed by atoms with van der Waals surface area (Å²) in [4.78, 5) is 30.5. The van der Waals surface area contributed by atoms with Crippen LogP contribution in [0, 0.1) is 12.7 Å². The zero-order valence-electron chi connectivity index (χ0n) is 16.5. The summed E-state index contributed by atoms with van der Waals surface area (Å²) in [5.41, 5.74) is 1.79. The van der Waals surface area contributed by atoms with Crippen molar-refractivity contribution in [3.05, 3.63) is 70.1 Å². The lowest BCUT2D eigenvalue weighted by Gasteiger charge is -2.39. The first kappa shape index (κ1) is 19.4. The number of aryl methyl sites for hydroxylation is 1. The van der Waals surface area contributed by atoms with Gasteiger partial charge in [-0.3, -0.25) is 19.3 Å². The number of nitrogens with zero attached hydrogens (tertiary/aromatic N) is 4. The van der Waals surface area contributed by atoms with E-state index in [9.17, 15) is 9.59 Å². The third kappa shape index (κ3) is 2.86. The Morgan fingerprint density at radius 1 is 1.35 bits per heavy atom. The van der Waals surface area contributed by atoms with Crippen LogP contribution in [0.1, 0.15) is 11.6 Å². The molecule has 3 heterocycles. The van der Waals surface area contributed by atoms with Gasteiger partial charge in [0.1, 0.15) is 5.52 Å². The lowest BCUT2D eigenvalue weighted by molar-refractivity contribution is -0.131. The molecule has 1 aliphatic heterocycles. The van der Waals surface area contributed by atoms with E-state index in [2.05, 4.69) is 21.8 Å². The average molecular weight is 438 g/mol. The van der Waals surface area contributed by atoms with Crippen molar-refractivity contribution in [2.45, 2.75) is 13.0 Å². The Kier molecular flexibility index (Phi) is 4.40. The van der Waals surface area contributed by atoms with Gasteiger partial charge < -0.3 is 4.90 Å². The molecule has 0 unspecified atom stereocenters. The second-order valence-corrected chi connectivity index (χ2v) is 8.00. The van der Waals surface area contributed by atoms with Crippen molar-refractivity contribution in [2.24, 2.45) is 0 Å². The maximum Gasteiger partial charge on any atom is 0.261 e. The van der Waals surface area contributed by atoms with Crippen LogP contribution in [0.25, 0.3) is 32.9 Å². The summed E-state index contributed by atoms with van der Waals surface area (Å²) in [7, 11) is 0. The van der Waals surface area contributed by atoms with Gasteiger partial charge in [0, 0.05) is 29.6 Å². The van der Waals surface area contributed by atoms with E-state index in [1.165, 1.54) is 23.0 Å². The molecule has 1 N–H and O–H groups in total. The summed E-state index contributed by atoms with van der Waals surface area (Å²) < 4.78 is 17.1. The maximum atomic E-state index is 15.7. The summed E-state index contributed by atoms with van der Waals surface area (Å²) >= 11 is 6.50. The predicted molar refractivity (Wildman–Crippen MR) is 117 cm³/mol. The van der Waals surface area contributed by atoms with Crippen molar-refractivity contribution in [3.8, 4) is 11.1 Å². The molecule has 1 amide bonds. The van der Waals surface area contributed by atoms with Crippen molar-refractivity contribution in [1.29, 1.82) is 0 Å². The highest BCUT2D eigenvalue weighted by atomic mass is 35.5. The van der Waals surface area contributed by atoms with E-state index in [0.29, 0.717) is 24.2 Å². The maximum absolute atomic E-state index is 15.7. The normalized spacial score (nSPS) is 14.2. The number of aromatic amines is 1. The minimum atomic E-state index is -0.658. The monoisotopic (exact) mass is 437 g/mol. The summed E-state index contributed by atoms with van der Waals surface area (Å²) in [6.07, 6.45) is 4.22. The molecule has 0 aliphatic carbocycles. The van der Waals surface area contributed by atoms with Gasteiger partial charge in [0.05, 0.1) is 34.5 Å². The van der Waals surface area contributed by atoms with Crippen LogP contribution in [-0.4, -0.2) is 43.6 Å². The fraction of sp³-hybridized carbons (Fsp3) is 0.182. The summed E-state index contributed by atoms with van der Waals surface area (Å²) in [6.45, 7) is 6.05. The molecule has 0 radical (unpaired) electrons. The average Bonchev–Trinajstić information content (AvgIpc) is 3.19. The Bertz CT molecular complexity index is 1450. The number of hydrogen-bond acceptors (Lipinski definition) is 4. The molecule has 0 bridgehead atoms. The van der Waals surface area contributed by atoms with Gasteiger partial charge in [0.15, 0.2) is 5.82 Å². The van der Waals surface area contributed by atoms with Crippen molar-refractivity contribution in [2.75, 3.05) is 13.1 Å². The summed E-state index contributed by atoms with van der Waals surface area (Å²) in [6, 6.07) is 4.99. The highest BCUT2D eigenvalue weighted by Gasteiger charge is 2.32. The molecule has 1 saturated heterocycles. The van der Waals surface area contributed by atoms with E-state index in [4.69, 9.17) is 11.6 Å². The van der Waals surface area contributed by atoms with Crippen LogP contribution in [0.4, 0.5) is 4.39 Å². The number of benzene rings is 2. The number of halogens is 2. The first-order valence-electron chi connectivity index (χ1n) is 9.64. The number of hydrogen-bond donors (Lipinski definition) is 1. The van der Waals surface area contributed by atoms with Gasteiger partial charge in [0.25, 0.3) is 5.56 Å². The van der Waals surface area contributed by atoms with E-state index >= 15 is 4.39 Å². The molecule has 7 nitrogen and oxygen atoms in total. The van der Waals surface area contributed by atoms with Crippen molar-refractivity contribution >= 4 is 39.3 Å². The van der Waals surface area contributed by atoms with Crippen LogP contribution in [-0.2, 0) is 4.79 Å². The van der Waals surface area contributed by atoms with Crippen LogP contribution >= 0.6 is 11.6 Å². The number of likely N-dealkylation sites (tertiary alicyclic amines) is 1. The molecule has 0 atom stereocenters. The molecule has 156 valence electrons. The number of nitrogens with one attached hydrogen (secondary N) is 1. The smallest absolute Gasteiger partial charge is 0.261 e. The molecule has 1 fully saturated rings. The quantitative estimate of drug-likeness (QED) is 0.496. The second-order valence-electron chi connectivity index (χ2n) is 7.59. The molecule has 5 rings (SSSR count). The number of aromatic nitrogens is 4. The zero-order chi connectivity index (χ0) is 21.9. The van der Waals surface area contributed by atoms with Gasteiger partial charge in [-0.2, -0.15) is 5.10 Å². The topological polar surface area (TPSA) is 83.9 Å². The van der Waals surface area contributed by atoms with Crippen molar-refractivity contribution in [3.63, 3.8) is 0 Å². The van der Waals surface area contributed by atoms with E-state index in [1.54, 1.807) is 11.1 Å². The molecule has 0 saturated carbocycles. The van der Waals surface area contributed by atoms with Crippen LogP contribution in [0.3, 0.4) is 0 Å². The zero-order valence-corrected chi connectivity index (χ0v) is 17.3. The van der Waals surface area contributed by atoms with Gasteiger partial charge in [0.2, 0.25) is 5.91 Å². The van der Waals surface area contributed by atoms with Gasteiger partial charge in [-0.05, 0) is 24.6 Å². The SMILES string of the molecule is C=CC(=O)N1CC(n2cnc3c(F)c(-c4c(C)ccc5cn[nH]c45)c(Cl)cc3c2=O)C1. The molecule has 2 aromatic heterocycles. The van der Waals surface area contributed by atoms with Crippen LogP contribution in [0.15, 0.2) is 48.2 Å². The Morgan fingerprint density at radius 2 is 2.13 bits per heavy atom. The number of H-pyrrole nitrogens is 1. The highest BCUT2D eigenvalue weighted by Crippen LogP contribution is 2.39. The minimum absolute atomic E-state index is 0.0464. The van der Waals surface area contributed by atoms with Crippen LogP contribution < -0.4 is 5.56 Å². The van der Waals surface area contributed by atoms with E-state index in [1.807, 2.05) is 19.1 Å². The fourth-order valence-corrected chi connectivity index (χ4v) is 4.37. The lowest BCUT2D eigenvalue weighted by Crippen LogP contribution is -2.52. The lowest BCUT2D eigenvalue weighted by atomic mass is 9.96. The van der Waals surface area contributed by atoms with E-state index in [0.717, 1.165) is 10.9 Å². The summed E-state index contributed by atoms with van der Waals surface area (Å²) in [5.74, 6) is -0.853. The van der Waals surface area contributed by atoms with E-state index in [-0.39, 0.29) is 33.4 Å². The Balaban J connectivity index is 1.65. The molecule has 0 spiro atoms. The first-order chi connectivity index (χ1) is 14.9. The Hall–Kier alpha value is -3.52. The molecular formula is C22H17ClFN5O2. The number of fused-ring (bicyclic) bond motifs is 2. The Morgan fingerprint density at radius 3 is 2.87 bits per heavy atom. The third-order valence-corrected chi connectivity index (χ3v) is 6.08. The number of carbonyl (C=O) groups excluding carboxylic acids is 1. The highest BCUT2D eigenvalue weighted by molar-refractivity contribution is 6.34. The summed E-state index contributed by atoms with van der Waals surface area (Å²) in [5, 5.41) is 7.97. The van der Waals surface area contributed by atoms with Crippen LogP contribution in [0.5, 0.6) is 0 Å². The number of carbonyl (C=O) groups is 1. The second kappa shape index (κ2) is 7.02. The predicted octanol–water partition coefficient (Wildman–Crippen LogP) is 3.61. The molecule has 9 heteroatoms. The van der Waals surface area contributed by atoms with Crippen molar-refractivity contribution in [1.82, 2.24) is 24.6 Å². The Labute approximate surface area is 180 Å². The molecule has 1 aliphatic rings. The first-order valence-corrected chi connectivity index (χ1v) is 10.0. The third-order valence-electron chi connectivity index (χ3n) is 5.79. The van der Waals surface area contributed by atoms with E-state index < -0.39 is 11.4 Å². The molecular weight excluding hydrogens is 421 g/mol.